The molecule has 0 aliphatic rings. The molecule has 0 fully saturated rings. The van der Waals surface area contributed by atoms with Crippen LogP contribution < -0.4 is 11.3 Å². The summed E-state index contributed by atoms with van der Waals surface area (Å²) in [5.74, 6) is 3.76. The predicted molar refractivity (Wildman–Crippen MR) is 68.2 cm³/mol. The molecule has 102 valence electrons. The molecule has 0 spiro atoms. The highest BCUT2D eigenvalue weighted by molar-refractivity contribution is 5.35. The third-order valence-electron chi connectivity index (χ3n) is 3.15. The molecule has 6 heteroatoms. The van der Waals surface area contributed by atoms with Crippen LogP contribution >= 0.6 is 0 Å². The number of aromatic nitrogens is 2. The van der Waals surface area contributed by atoms with Gasteiger partial charge in [-0.05, 0) is 19.4 Å². The summed E-state index contributed by atoms with van der Waals surface area (Å²) in [4.78, 5) is 0. The van der Waals surface area contributed by atoms with E-state index in [2.05, 4.69) is 10.5 Å². The summed E-state index contributed by atoms with van der Waals surface area (Å²) in [6, 6.07) is 2.43. The third-order valence-corrected chi connectivity index (χ3v) is 3.15. The van der Waals surface area contributed by atoms with Crippen molar-refractivity contribution < 1.29 is 8.78 Å². The number of nitrogens with two attached hydrogens (primary N) is 1. The molecular weight excluding hydrogens is 250 g/mol. The Hall–Kier alpha value is -1.79. The molecule has 0 amide bonds. The number of halogens is 2. The second kappa shape index (κ2) is 5.07. The summed E-state index contributed by atoms with van der Waals surface area (Å²) in [5, 5.41) is 4.18. The smallest absolute Gasteiger partial charge is 0.164 e. The van der Waals surface area contributed by atoms with E-state index in [9.17, 15) is 8.78 Å². The highest BCUT2D eigenvalue weighted by Crippen LogP contribution is 2.27. The van der Waals surface area contributed by atoms with E-state index in [0.717, 1.165) is 0 Å². The molecule has 0 saturated carbocycles. The lowest BCUT2D eigenvalue weighted by molar-refractivity contribution is 0.478. The van der Waals surface area contributed by atoms with Gasteiger partial charge in [0.2, 0.25) is 0 Å². The van der Waals surface area contributed by atoms with Gasteiger partial charge in [-0.25, -0.2) is 14.2 Å². The van der Waals surface area contributed by atoms with Crippen molar-refractivity contribution in [3.63, 3.8) is 0 Å². The van der Waals surface area contributed by atoms with Crippen LogP contribution in [0.1, 0.15) is 28.4 Å². The maximum Gasteiger partial charge on any atom is 0.164 e. The minimum Gasteiger partial charge on any atom is -0.275 e. The van der Waals surface area contributed by atoms with Gasteiger partial charge in [0.05, 0.1) is 11.7 Å². The van der Waals surface area contributed by atoms with E-state index < -0.39 is 17.7 Å². The van der Waals surface area contributed by atoms with Gasteiger partial charge in [0.15, 0.2) is 11.6 Å². The van der Waals surface area contributed by atoms with Gasteiger partial charge >= 0.3 is 0 Å². The quantitative estimate of drug-likeness (QED) is 0.658. The highest BCUT2D eigenvalue weighted by Gasteiger charge is 2.23. The lowest BCUT2D eigenvalue weighted by Crippen LogP contribution is -2.30. The van der Waals surface area contributed by atoms with Crippen LogP contribution in [0.5, 0.6) is 0 Å². The van der Waals surface area contributed by atoms with E-state index in [1.807, 2.05) is 0 Å². The van der Waals surface area contributed by atoms with Gasteiger partial charge < -0.3 is 0 Å². The third kappa shape index (κ3) is 2.36. The summed E-state index contributed by atoms with van der Waals surface area (Å²) < 4.78 is 29.3. The van der Waals surface area contributed by atoms with E-state index in [-0.39, 0.29) is 11.1 Å². The molecule has 1 aromatic carbocycles. The first-order chi connectivity index (χ1) is 8.95. The van der Waals surface area contributed by atoms with Crippen molar-refractivity contribution in [1.82, 2.24) is 15.2 Å². The van der Waals surface area contributed by atoms with E-state index in [1.165, 1.54) is 19.1 Å². The molecule has 0 saturated heterocycles. The minimum absolute atomic E-state index is 0.168. The molecule has 0 radical (unpaired) electrons. The molecule has 19 heavy (non-hydrogen) atoms. The Morgan fingerprint density at radius 3 is 2.42 bits per heavy atom. The van der Waals surface area contributed by atoms with Crippen LogP contribution in [-0.4, -0.2) is 9.78 Å². The van der Waals surface area contributed by atoms with Crippen LogP contribution in [0.3, 0.4) is 0 Å². The van der Waals surface area contributed by atoms with E-state index in [0.29, 0.717) is 11.3 Å². The number of nitrogens with zero attached hydrogens (tertiary/aromatic N) is 2. The Morgan fingerprint density at radius 1 is 1.21 bits per heavy atom. The van der Waals surface area contributed by atoms with Gasteiger partial charge in [-0.1, -0.05) is 12.1 Å². The van der Waals surface area contributed by atoms with Crippen LogP contribution in [0, 0.1) is 25.5 Å². The van der Waals surface area contributed by atoms with Crippen molar-refractivity contribution in [3.05, 3.63) is 52.3 Å². The molecule has 1 heterocycles. The van der Waals surface area contributed by atoms with Crippen molar-refractivity contribution >= 4 is 0 Å². The fourth-order valence-electron chi connectivity index (χ4n) is 2.13. The normalized spacial score (nSPS) is 12.7. The van der Waals surface area contributed by atoms with Crippen molar-refractivity contribution in [3.8, 4) is 0 Å². The number of hydrogen-bond acceptors (Lipinski definition) is 3. The zero-order chi connectivity index (χ0) is 14.2. The van der Waals surface area contributed by atoms with Gasteiger partial charge in [0.25, 0.3) is 0 Å². The molecule has 3 N–H and O–H groups in total. The zero-order valence-corrected chi connectivity index (χ0v) is 11.0. The minimum atomic E-state index is -0.883. The number of hydrogen-bond donors (Lipinski definition) is 2. The maximum atomic E-state index is 14.0. The number of nitrogens with one attached hydrogen (secondary N) is 1. The molecule has 2 rings (SSSR count). The number of rotatable bonds is 3. The van der Waals surface area contributed by atoms with Gasteiger partial charge in [0, 0.05) is 24.4 Å². The summed E-state index contributed by atoms with van der Waals surface area (Å²) >= 11 is 0. The summed E-state index contributed by atoms with van der Waals surface area (Å²) in [7, 11) is 1.76. The molecule has 2 aromatic rings. The second-order valence-corrected chi connectivity index (χ2v) is 4.54. The van der Waals surface area contributed by atoms with E-state index in [4.69, 9.17) is 5.84 Å². The molecule has 0 aliphatic carbocycles. The Morgan fingerprint density at radius 2 is 1.89 bits per heavy atom. The zero-order valence-electron chi connectivity index (χ0n) is 11.0. The average Bonchev–Trinajstić information content (AvgIpc) is 2.69. The highest BCUT2D eigenvalue weighted by atomic mass is 19.2. The summed E-state index contributed by atoms with van der Waals surface area (Å²) in [6.07, 6.45) is 1.73. The van der Waals surface area contributed by atoms with Crippen molar-refractivity contribution in [2.24, 2.45) is 12.9 Å². The Kier molecular flexibility index (Phi) is 3.64. The fraction of sp³-hybridized carbons (Fsp3) is 0.308. The first kappa shape index (κ1) is 13.6. The average molecular weight is 266 g/mol. The second-order valence-electron chi connectivity index (χ2n) is 4.54. The Bertz CT molecular complexity index is 607. The van der Waals surface area contributed by atoms with Gasteiger partial charge in [-0.2, -0.15) is 5.10 Å². The standard InChI is InChI=1S/C13H16F2N4/c1-7-4-5-9(12(15)11(7)14)13(17-16)10-6-19(3)18-8(10)2/h4-6,13,17H,16H2,1-3H3. The van der Waals surface area contributed by atoms with Crippen LogP contribution in [-0.2, 0) is 7.05 Å². The molecule has 0 bridgehead atoms. The Labute approximate surface area is 110 Å². The van der Waals surface area contributed by atoms with Crippen LogP contribution in [0.4, 0.5) is 8.78 Å². The summed E-state index contributed by atoms with van der Waals surface area (Å²) in [5.41, 5.74) is 4.38. The molecular formula is C13H16F2N4. The predicted octanol–water partition coefficient (Wildman–Crippen LogP) is 1.87. The molecule has 4 nitrogen and oxygen atoms in total. The largest absolute Gasteiger partial charge is 0.275 e. The van der Waals surface area contributed by atoms with Crippen molar-refractivity contribution in [2.45, 2.75) is 19.9 Å². The number of hydrazine groups is 1. The van der Waals surface area contributed by atoms with E-state index in [1.54, 1.807) is 24.9 Å². The fourth-order valence-corrected chi connectivity index (χ4v) is 2.13. The first-order valence-electron chi connectivity index (χ1n) is 5.86. The lowest BCUT2D eigenvalue weighted by atomic mass is 9.98. The van der Waals surface area contributed by atoms with Crippen LogP contribution in [0.25, 0.3) is 0 Å². The Balaban J connectivity index is 2.54. The summed E-state index contributed by atoms with van der Waals surface area (Å²) in [6.45, 7) is 3.31. The number of aryl methyl sites for hydroxylation is 3. The molecule has 1 unspecified atom stereocenters. The maximum absolute atomic E-state index is 14.0. The van der Waals surface area contributed by atoms with E-state index >= 15 is 0 Å². The molecule has 1 aromatic heterocycles. The molecule has 0 aliphatic heterocycles. The monoisotopic (exact) mass is 266 g/mol. The lowest BCUT2D eigenvalue weighted by Gasteiger charge is -2.17. The van der Waals surface area contributed by atoms with Crippen molar-refractivity contribution in [2.75, 3.05) is 0 Å². The number of benzene rings is 1. The van der Waals surface area contributed by atoms with Gasteiger partial charge in [0.1, 0.15) is 0 Å². The topological polar surface area (TPSA) is 55.9 Å². The van der Waals surface area contributed by atoms with Crippen molar-refractivity contribution in [1.29, 1.82) is 0 Å². The first-order valence-corrected chi connectivity index (χ1v) is 5.86. The molecule has 1 atom stereocenters. The van der Waals surface area contributed by atoms with Crippen LogP contribution in [0.2, 0.25) is 0 Å². The van der Waals surface area contributed by atoms with Crippen LogP contribution in [0.15, 0.2) is 18.3 Å². The van der Waals surface area contributed by atoms with Gasteiger partial charge in [-0.15, -0.1) is 0 Å². The SMILES string of the molecule is Cc1ccc(C(NN)c2cn(C)nc2C)c(F)c1F. The van der Waals surface area contributed by atoms with Gasteiger partial charge in [-0.3, -0.25) is 10.5 Å².